The summed E-state index contributed by atoms with van der Waals surface area (Å²) in [4.78, 5) is 28.9. The van der Waals surface area contributed by atoms with E-state index < -0.39 is 23.0 Å². The summed E-state index contributed by atoms with van der Waals surface area (Å²) in [5, 5.41) is 13.1. The zero-order chi connectivity index (χ0) is 22.5. The number of imide groups is 1. The lowest BCUT2D eigenvalue weighted by atomic mass is 10.0. The van der Waals surface area contributed by atoms with Gasteiger partial charge in [0.15, 0.2) is 5.13 Å². The second-order valence-electron chi connectivity index (χ2n) is 6.60. The first-order valence-corrected chi connectivity index (χ1v) is 11.7. The maximum Gasteiger partial charge on any atom is 0.327 e. The average molecular weight is 478 g/mol. The van der Waals surface area contributed by atoms with Gasteiger partial charge in [0.2, 0.25) is 0 Å². The van der Waals surface area contributed by atoms with Crippen LogP contribution < -0.4 is 10.6 Å². The molecule has 1 heterocycles. The average Bonchev–Trinajstić information content (AvgIpc) is 3.08. The van der Waals surface area contributed by atoms with Crippen LogP contribution in [-0.4, -0.2) is 31.4 Å². The maximum absolute atomic E-state index is 12.4. The van der Waals surface area contributed by atoms with E-state index in [1.165, 1.54) is 12.1 Å². The van der Waals surface area contributed by atoms with Crippen molar-refractivity contribution in [2.45, 2.75) is 25.5 Å². The molecule has 3 rings (SSSR count). The van der Waals surface area contributed by atoms with Crippen LogP contribution in [0.25, 0.3) is 10.2 Å². The summed E-state index contributed by atoms with van der Waals surface area (Å²) < 4.78 is 22.4. The standard InChI is InChI=1S/C20H19ClN4O4S2/c1-2-3-15(22)12-5-6-13(14(21)9-12)18(26)24-19(27)25-20-23-16-7-4-11(10-31(28)29)8-17(16)30-20/h4-9,22H,2-3,10H2,1H3,(H,28,29)(H2,23,24,25,26,27)/p-1. The molecule has 0 aliphatic heterocycles. The van der Waals surface area contributed by atoms with Gasteiger partial charge in [0, 0.05) is 11.5 Å². The first-order valence-electron chi connectivity index (χ1n) is 9.21. The van der Waals surface area contributed by atoms with Crippen LogP contribution in [0.15, 0.2) is 36.4 Å². The SMILES string of the molecule is CCCC(=N)c1ccc(C(=O)NC(=O)Nc2nc3ccc(CS(=O)[O-])cc3s2)c(Cl)c1. The number of rotatable bonds is 7. The number of carbonyl (C=O) groups excluding carboxylic acids is 2. The highest BCUT2D eigenvalue weighted by atomic mass is 35.5. The summed E-state index contributed by atoms with van der Waals surface area (Å²) >= 11 is 5.13. The molecule has 3 N–H and O–H groups in total. The summed E-state index contributed by atoms with van der Waals surface area (Å²) in [5.74, 6) is -0.791. The molecule has 0 bridgehead atoms. The van der Waals surface area contributed by atoms with Gasteiger partial charge in [0.1, 0.15) is 0 Å². The van der Waals surface area contributed by atoms with Crippen molar-refractivity contribution in [2.75, 3.05) is 5.32 Å². The van der Waals surface area contributed by atoms with Gasteiger partial charge in [0.25, 0.3) is 5.91 Å². The monoisotopic (exact) mass is 477 g/mol. The fourth-order valence-corrected chi connectivity index (χ4v) is 4.47. The number of fused-ring (bicyclic) bond motifs is 1. The summed E-state index contributed by atoms with van der Waals surface area (Å²) in [6, 6.07) is 8.86. The van der Waals surface area contributed by atoms with Crippen LogP contribution >= 0.6 is 22.9 Å². The molecular formula is C20H18ClN4O4S2-. The molecule has 2 aromatic carbocycles. The van der Waals surface area contributed by atoms with Crippen molar-refractivity contribution in [3.8, 4) is 0 Å². The second-order valence-corrected chi connectivity index (χ2v) is 8.93. The zero-order valence-corrected chi connectivity index (χ0v) is 18.7. The molecule has 8 nitrogen and oxygen atoms in total. The quantitative estimate of drug-likeness (QED) is 0.341. The first kappa shape index (κ1) is 23.0. The molecule has 1 unspecified atom stereocenters. The molecule has 3 amide bonds. The Labute approximate surface area is 189 Å². The molecule has 0 spiro atoms. The van der Waals surface area contributed by atoms with Crippen LogP contribution in [0.4, 0.5) is 9.93 Å². The van der Waals surface area contributed by atoms with Gasteiger partial charge in [-0.05, 0) is 41.8 Å². The molecule has 1 atom stereocenters. The molecule has 0 saturated heterocycles. The number of anilines is 1. The third-order valence-corrected chi connectivity index (χ3v) is 6.06. The topological polar surface area (TPSA) is 135 Å². The van der Waals surface area contributed by atoms with E-state index >= 15 is 0 Å². The number of halogens is 1. The predicted molar refractivity (Wildman–Crippen MR) is 122 cm³/mol. The van der Waals surface area contributed by atoms with Crippen LogP contribution in [0.2, 0.25) is 5.02 Å². The Morgan fingerprint density at radius 2 is 2.03 bits per heavy atom. The lowest BCUT2D eigenvalue weighted by Crippen LogP contribution is -2.34. The van der Waals surface area contributed by atoms with Crippen LogP contribution in [0.5, 0.6) is 0 Å². The van der Waals surface area contributed by atoms with Gasteiger partial charge in [-0.1, -0.05) is 59.5 Å². The van der Waals surface area contributed by atoms with Crippen molar-refractivity contribution in [2.24, 2.45) is 0 Å². The molecule has 3 aromatic rings. The number of benzene rings is 2. The van der Waals surface area contributed by atoms with E-state index in [1.807, 2.05) is 6.92 Å². The van der Waals surface area contributed by atoms with Gasteiger partial charge in [0.05, 0.1) is 20.8 Å². The van der Waals surface area contributed by atoms with Crippen molar-refractivity contribution >= 4 is 67.0 Å². The van der Waals surface area contributed by atoms with Gasteiger partial charge >= 0.3 is 6.03 Å². The lowest BCUT2D eigenvalue weighted by Gasteiger charge is -2.08. The first-order chi connectivity index (χ1) is 14.8. The smallest absolute Gasteiger partial charge is 0.327 e. The van der Waals surface area contributed by atoms with Crippen molar-refractivity contribution in [1.29, 1.82) is 5.41 Å². The second kappa shape index (κ2) is 10.1. The van der Waals surface area contributed by atoms with Gasteiger partial charge in [-0.2, -0.15) is 0 Å². The Bertz CT molecular complexity index is 1200. The Balaban J connectivity index is 1.67. The number of carbonyl (C=O) groups is 2. The van der Waals surface area contributed by atoms with Gasteiger partial charge in [-0.3, -0.25) is 19.6 Å². The normalized spacial score (nSPS) is 11.8. The van der Waals surface area contributed by atoms with Crippen molar-refractivity contribution in [3.05, 3.63) is 58.1 Å². The molecular weight excluding hydrogens is 460 g/mol. The van der Waals surface area contributed by atoms with E-state index in [2.05, 4.69) is 15.6 Å². The molecule has 31 heavy (non-hydrogen) atoms. The minimum atomic E-state index is -2.20. The molecule has 0 aliphatic carbocycles. The minimum Gasteiger partial charge on any atom is -0.772 e. The van der Waals surface area contributed by atoms with Gasteiger partial charge in [-0.25, -0.2) is 9.78 Å². The zero-order valence-electron chi connectivity index (χ0n) is 16.4. The fraction of sp³-hybridized carbons (Fsp3) is 0.200. The number of amides is 3. The highest BCUT2D eigenvalue weighted by Crippen LogP contribution is 2.27. The van der Waals surface area contributed by atoms with E-state index in [-0.39, 0.29) is 21.5 Å². The Morgan fingerprint density at radius 1 is 1.26 bits per heavy atom. The van der Waals surface area contributed by atoms with E-state index in [1.54, 1.807) is 24.3 Å². The molecule has 0 saturated carbocycles. The van der Waals surface area contributed by atoms with E-state index in [4.69, 9.17) is 17.0 Å². The highest BCUT2D eigenvalue weighted by molar-refractivity contribution is 7.78. The van der Waals surface area contributed by atoms with E-state index in [0.29, 0.717) is 33.5 Å². The summed E-state index contributed by atoms with van der Waals surface area (Å²) in [6.07, 6.45) is 1.42. The van der Waals surface area contributed by atoms with Crippen molar-refractivity contribution < 1.29 is 18.4 Å². The largest absolute Gasteiger partial charge is 0.772 e. The summed E-state index contributed by atoms with van der Waals surface area (Å²) in [5.41, 5.74) is 2.38. The third-order valence-electron chi connectivity index (χ3n) is 4.25. The van der Waals surface area contributed by atoms with Crippen LogP contribution in [0.3, 0.4) is 0 Å². The van der Waals surface area contributed by atoms with E-state index in [0.717, 1.165) is 17.8 Å². The van der Waals surface area contributed by atoms with Crippen LogP contribution in [0, 0.1) is 5.41 Å². The summed E-state index contributed by atoms with van der Waals surface area (Å²) in [7, 11) is 0. The maximum atomic E-state index is 12.4. The number of nitrogens with one attached hydrogen (secondary N) is 3. The Hall–Kier alpha value is -2.66. The van der Waals surface area contributed by atoms with Crippen molar-refractivity contribution in [1.82, 2.24) is 10.3 Å². The van der Waals surface area contributed by atoms with Gasteiger partial charge in [-0.15, -0.1) is 0 Å². The molecule has 0 fully saturated rings. The van der Waals surface area contributed by atoms with Gasteiger partial charge < -0.3 is 9.96 Å². The van der Waals surface area contributed by atoms with E-state index in [9.17, 15) is 18.4 Å². The highest BCUT2D eigenvalue weighted by Gasteiger charge is 2.16. The Morgan fingerprint density at radius 3 is 2.71 bits per heavy atom. The number of hydrogen-bond acceptors (Lipinski definition) is 7. The van der Waals surface area contributed by atoms with Crippen molar-refractivity contribution in [3.63, 3.8) is 0 Å². The molecule has 1 aromatic heterocycles. The number of thiazole rings is 1. The van der Waals surface area contributed by atoms with Crippen LogP contribution in [0.1, 0.15) is 41.3 Å². The number of aromatic nitrogens is 1. The number of nitrogens with zero attached hydrogens (tertiary/aromatic N) is 1. The fourth-order valence-electron chi connectivity index (χ4n) is 2.83. The predicted octanol–water partition coefficient (Wildman–Crippen LogP) is 4.46. The molecule has 0 radical (unpaired) electrons. The molecule has 162 valence electrons. The third kappa shape index (κ3) is 5.95. The Kier molecular flexibility index (Phi) is 7.50. The molecule has 11 heteroatoms. The molecule has 0 aliphatic rings. The summed E-state index contributed by atoms with van der Waals surface area (Å²) in [6.45, 7) is 1.97. The lowest BCUT2D eigenvalue weighted by molar-refractivity contribution is 0.0967. The number of hydrogen-bond donors (Lipinski definition) is 3. The minimum absolute atomic E-state index is 0.108. The van der Waals surface area contributed by atoms with Crippen LogP contribution in [-0.2, 0) is 16.8 Å². The number of urea groups is 1.